The molecule has 0 fully saturated rings. The fourth-order valence-electron chi connectivity index (χ4n) is 3.44. The summed E-state index contributed by atoms with van der Waals surface area (Å²) in [6, 6.07) is 5.56. The first-order chi connectivity index (χ1) is 13.8. The molecule has 148 valence electrons. The Bertz CT molecular complexity index is 1200. The number of nitrogens with zero attached hydrogens (tertiary/aromatic N) is 1. The average Bonchev–Trinajstić information content (AvgIpc) is 3.16. The Balaban J connectivity index is 1.90. The van der Waals surface area contributed by atoms with Crippen molar-refractivity contribution in [2.45, 2.75) is 26.2 Å². The van der Waals surface area contributed by atoms with E-state index in [0.717, 1.165) is 5.69 Å². The number of hydrogen-bond acceptors (Lipinski definition) is 3. The predicted octanol–water partition coefficient (Wildman–Crippen LogP) is 5.80. The van der Waals surface area contributed by atoms with Crippen LogP contribution < -0.4 is 10.9 Å². The van der Waals surface area contributed by atoms with Crippen LogP contribution in [0.1, 0.15) is 36.7 Å². The van der Waals surface area contributed by atoms with E-state index in [4.69, 9.17) is 11.6 Å². The van der Waals surface area contributed by atoms with E-state index in [1.807, 2.05) is 26.0 Å². The monoisotopic (exact) mass is 413 g/mol. The minimum atomic E-state index is -0.568. The first-order valence-electron chi connectivity index (χ1n) is 9.18. The second-order valence-electron chi connectivity index (χ2n) is 7.19. The number of hydrogen-bond donors (Lipinski definition) is 2. The summed E-state index contributed by atoms with van der Waals surface area (Å²) in [7, 11) is 0. The molecule has 0 unspecified atom stereocenters. The van der Waals surface area contributed by atoms with Gasteiger partial charge in [0.2, 0.25) is 0 Å². The SMILES string of the molecule is CC(C)c1[nH]c(=O)c(-c2cc(Cl)ccc2F)cc1Nc1c(F)cnc2c1C=CC2. The lowest BCUT2D eigenvalue weighted by atomic mass is 10.0. The van der Waals surface area contributed by atoms with Gasteiger partial charge in [0.15, 0.2) is 5.82 Å². The largest absolute Gasteiger partial charge is 0.351 e. The molecule has 4 rings (SSSR count). The van der Waals surface area contributed by atoms with Crippen LogP contribution in [0.3, 0.4) is 0 Å². The lowest BCUT2D eigenvalue weighted by molar-refractivity contribution is 0.623. The van der Waals surface area contributed by atoms with Gasteiger partial charge in [0.1, 0.15) is 5.82 Å². The van der Waals surface area contributed by atoms with E-state index in [-0.39, 0.29) is 22.7 Å². The van der Waals surface area contributed by atoms with E-state index < -0.39 is 17.2 Å². The molecule has 7 heteroatoms. The summed E-state index contributed by atoms with van der Waals surface area (Å²) in [5.41, 5.74) is 2.54. The van der Waals surface area contributed by atoms with Crippen LogP contribution in [-0.4, -0.2) is 9.97 Å². The van der Waals surface area contributed by atoms with Crippen LogP contribution in [-0.2, 0) is 6.42 Å². The van der Waals surface area contributed by atoms with Gasteiger partial charge in [-0.3, -0.25) is 9.78 Å². The number of pyridine rings is 2. The first-order valence-corrected chi connectivity index (χ1v) is 9.56. The summed E-state index contributed by atoms with van der Waals surface area (Å²) < 4.78 is 29.0. The van der Waals surface area contributed by atoms with Gasteiger partial charge in [-0.1, -0.05) is 37.6 Å². The van der Waals surface area contributed by atoms with Gasteiger partial charge >= 0.3 is 0 Å². The molecule has 0 aliphatic heterocycles. The molecule has 0 atom stereocenters. The smallest absolute Gasteiger partial charge is 0.256 e. The van der Waals surface area contributed by atoms with E-state index in [1.165, 1.54) is 30.5 Å². The molecule has 0 saturated heterocycles. The van der Waals surface area contributed by atoms with Crippen molar-refractivity contribution in [1.82, 2.24) is 9.97 Å². The standard InChI is InChI=1S/C22H18ClF2N3O/c1-11(2)20-19(27-21-13-4-3-5-18(13)26-10-17(21)25)9-15(22(29)28-20)14-8-12(23)6-7-16(14)24/h3-4,6-11H,5H2,1-2H3,(H,26,27)(H,28,29). The normalized spacial score (nSPS) is 12.5. The second kappa shape index (κ2) is 7.44. The van der Waals surface area contributed by atoms with Crippen molar-refractivity contribution in [3.8, 4) is 11.1 Å². The van der Waals surface area contributed by atoms with Crippen molar-refractivity contribution in [3.05, 3.63) is 80.5 Å². The quantitative estimate of drug-likeness (QED) is 0.568. The fourth-order valence-corrected chi connectivity index (χ4v) is 3.61. The zero-order chi connectivity index (χ0) is 20.7. The first kappa shape index (κ1) is 19.3. The lowest BCUT2D eigenvalue weighted by Crippen LogP contribution is -2.16. The molecule has 1 aromatic carbocycles. The fraction of sp³-hybridized carbons (Fsp3) is 0.182. The molecule has 2 aromatic heterocycles. The van der Waals surface area contributed by atoms with E-state index in [2.05, 4.69) is 15.3 Å². The molecule has 3 aromatic rings. The highest BCUT2D eigenvalue weighted by Crippen LogP contribution is 2.34. The van der Waals surface area contributed by atoms with Gasteiger partial charge in [0.05, 0.1) is 28.8 Å². The topological polar surface area (TPSA) is 57.8 Å². The van der Waals surface area contributed by atoms with Gasteiger partial charge in [-0.2, -0.15) is 0 Å². The Morgan fingerprint density at radius 3 is 2.72 bits per heavy atom. The van der Waals surface area contributed by atoms with Gasteiger partial charge in [0, 0.05) is 28.3 Å². The summed E-state index contributed by atoms with van der Waals surface area (Å²) in [4.78, 5) is 19.6. The Morgan fingerprint density at radius 1 is 1.17 bits per heavy atom. The van der Waals surface area contributed by atoms with Gasteiger partial charge in [-0.15, -0.1) is 0 Å². The third-order valence-corrected chi connectivity index (χ3v) is 5.11. The number of benzene rings is 1. The van der Waals surface area contributed by atoms with Crippen LogP contribution in [0.5, 0.6) is 0 Å². The zero-order valence-corrected chi connectivity index (χ0v) is 16.6. The number of aromatic amines is 1. The molecule has 1 aliphatic rings. The number of rotatable bonds is 4. The number of allylic oxidation sites excluding steroid dienone is 1. The Hall–Kier alpha value is -2.99. The maximum Gasteiger partial charge on any atom is 0.256 e. The summed E-state index contributed by atoms with van der Waals surface area (Å²) in [6.45, 7) is 3.81. The van der Waals surface area contributed by atoms with Crippen molar-refractivity contribution in [1.29, 1.82) is 0 Å². The molecule has 0 spiro atoms. The molecule has 2 heterocycles. The van der Waals surface area contributed by atoms with Crippen LogP contribution >= 0.6 is 11.6 Å². The second-order valence-corrected chi connectivity index (χ2v) is 7.63. The van der Waals surface area contributed by atoms with E-state index in [0.29, 0.717) is 28.4 Å². The predicted molar refractivity (Wildman–Crippen MR) is 112 cm³/mol. The highest BCUT2D eigenvalue weighted by molar-refractivity contribution is 6.30. The third kappa shape index (κ3) is 3.56. The van der Waals surface area contributed by atoms with Crippen LogP contribution in [0.25, 0.3) is 17.2 Å². The third-order valence-electron chi connectivity index (χ3n) is 4.88. The molecule has 0 saturated carbocycles. The van der Waals surface area contributed by atoms with Gasteiger partial charge in [0.25, 0.3) is 5.56 Å². The van der Waals surface area contributed by atoms with Crippen LogP contribution in [0, 0.1) is 11.6 Å². The highest BCUT2D eigenvalue weighted by Gasteiger charge is 2.20. The Morgan fingerprint density at radius 2 is 1.97 bits per heavy atom. The zero-order valence-electron chi connectivity index (χ0n) is 15.8. The molecule has 1 aliphatic carbocycles. The summed E-state index contributed by atoms with van der Waals surface area (Å²) in [5.74, 6) is -1.13. The van der Waals surface area contributed by atoms with E-state index >= 15 is 0 Å². The minimum Gasteiger partial charge on any atom is -0.351 e. The van der Waals surface area contributed by atoms with Crippen LogP contribution in [0.15, 0.2) is 41.3 Å². The van der Waals surface area contributed by atoms with Gasteiger partial charge in [-0.05, 0) is 30.2 Å². The minimum absolute atomic E-state index is 0.0584. The number of halogens is 3. The van der Waals surface area contributed by atoms with Crippen molar-refractivity contribution < 1.29 is 8.78 Å². The number of nitrogens with one attached hydrogen (secondary N) is 2. The summed E-state index contributed by atoms with van der Waals surface area (Å²) in [6.07, 6.45) is 5.52. The summed E-state index contributed by atoms with van der Waals surface area (Å²) in [5, 5.41) is 3.41. The molecule has 0 radical (unpaired) electrons. The van der Waals surface area contributed by atoms with E-state index in [9.17, 15) is 13.6 Å². The molecule has 0 bridgehead atoms. The molecular formula is C22H18ClF2N3O. The molecule has 29 heavy (non-hydrogen) atoms. The van der Waals surface area contributed by atoms with Gasteiger partial charge < -0.3 is 10.3 Å². The van der Waals surface area contributed by atoms with Crippen molar-refractivity contribution in [3.63, 3.8) is 0 Å². The molecule has 2 N–H and O–H groups in total. The van der Waals surface area contributed by atoms with Crippen LogP contribution in [0.4, 0.5) is 20.2 Å². The number of aromatic nitrogens is 2. The average molecular weight is 414 g/mol. The molecule has 4 nitrogen and oxygen atoms in total. The maximum atomic E-state index is 14.6. The Kier molecular flexibility index (Phi) is 4.96. The number of fused-ring (bicyclic) bond motifs is 1. The van der Waals surface area contributed by atoms with Crippen molar-refractivity contribution in [2.24, 2.45) is 0 Å². The van der Waals surface area contributed by atoms with Crippen molar-refractivity contribution >= 4 is 29.1 Å². The molecule has 0 amide bonds. The highest BCUT2D eigenvalue weighted by atomic mass is 35.5. The van der Waals surface area contributed by atoms with Gasteiger partial charge in [-0.25, -0.2) is 8.78 Å². The maximum absolute atomic E-state index is 14.6. The van der Waals surface area contributed by atoms with Crippen LogP contribution in [0.2, 0.25) is 5.02 Å². The van der Waals surface area contributed by atoms with Crippen molar-refractivity contribution in [2.75, 3.05) is 5.32 Å². The summed E-state index contributed by atoms with van der Waals surface area (Å²) >= 11 is 6.00. The number of H-pyrrole nitrogens is 1. The molecular weight excluding hydrogens is 396 g/mol. The van der Waals surface area contributed by atoms with E-state index in [1.54, 1.807) is 0 Å². The number of anilines is 2. The Labute approximate surface area is 171 Å². The lowest BCUT2D eigenvalue weighted by Gasteiger charge is -2.18.